The van der Waals surface area contributed by atoms with Crippen LogP contribution < -0.4 is 19.7 Å². The van der Waals surface area contributed by atoms with E-state index in [2.05, 4.69) is 5.32 Å². The molecule has 3 rings (SSSR count). The number of amides is 1. The number of benzene rings is 3. The summed E-state index contributed by atoms with van der Waals surface area (Å²) in [5, 5.41) is 3.62. The van der Waals surface area contributed by atoms with Gasteiger partial charge in [-0.05, 0) is 54.6 Å². The van der Waals surface area contributed by atoms with E-state index in [1.807, 2.05) is 55.5 Å². The third kappa shape index (κ3) is 12.0. The van der Waals surface area contributed by atoms with E-state index in [0.29, 0.717) is 38.0 Å². The smallest absolute Gasteiger partial charge is 0.214 e. The molecule has 212 valence electrons. The third-order valence-electron chi connectivity index (χ3n) is 5.54. The third-order valence-corrected chi connectivity index (χ3v) is 5.89. The van der Waals surface area contributed by atoms with Crippen molar-refractivity contribution in [1.82, 2.24) is 5.32 Å². The minimum Gasteiger partial charge on any atom is -0.496 e. The minimum atomic E-state index is -0.324. The number of para-hydroxylation sites is 1. The van der Waals surface area contributed by atoms with Gasteiger partial charge in [-0.15, -0.1) is 0 Å². The molecule has 0 spiro atoms. The Labute approximate surface area is 235 Å². The maximum absolute atomic E-state index is 12.5. The number of anilines is 1. The first-order chi connectivity index (χ1) is 19.0. The quantitative estimate of drug-likeness (QED) is 0.174. The van der Waals surface area contributed by atoms with Crippen molar-refractivity contribution in [1.29, 1.82) is 0 Å². The molecule has 9 heteroatoms. The molecule has 0 saturated heterocycles. The standard InChI is InChI=1S/C22H30N2O4.C8H8ClFO/c1-3-23-13-14-24(18-25)20-9-11-21(12-10-20)28-16-6-15-27-17-19-7-4-5-8-22(19)26-2;1-11-5-6-2-3-7(10)4-8(6)9/h4-5,7-12,18,23H,3,6,13-17H2,1-2H3;2-4H,5H2,1H3. The number of nitrogens with zero attached hydrogens (tertiary/aromatic N) is 1. The van der Waals surface area contributed by atoms with Crippen LogP contribution in [0.1, 0.15) is 24.5 Å². The Hall–Kier alpha value is -3.17. The fourth-order valence-corrected chi connectivity index (χ4v) is 3.72. The van der Waals surface area contributed by atoms with Crippen LogP contribution >= 0.6 is 11.6 Å². The topological polar surface area (TPSA) is 69.3 Å². The highest BCUT2D eigenvalue weighted by molar-refractivity contribution is 6.31. The number of nitrogens with one attached hydrogen (secondary N) is 1. The van der Waals surface area contributed by atoms with Crippen LogP contribution in [0.5, 0.6) is 11.5 Å². The number of methoxy groups -OCH3 is 2. The summed E-state index contributed by atoms with van der Waals surface area (Å²) in [5.41, 5.74) is 2.70. The molecule has 0 aliphatic rings. The van der Waals surface area contributed by atoms with Crippen molar-refractivity contribution in [2.24, 2.45) is 0 Å². The van der Waals surface area contributed by atoms with Gasteiger partial charge < -0.3 is 29.2 Å². The van der Waals surface area contributed by atoms with E-state index >= 15 is 0 Å². The predicted octanol–water partition coefficient (Wildman–Crippen LogP) is 5.88. The zero-order valence-corrected chi connectivity index (χ0v) is 23.6. The zero-order chi connectivity index (χ0) is 28.3. The molecule has 3 aromatic carbocycles. The second kappa shape index (κ2) is 19.0. The van der Waals surface area contributed by atoms with Crippen LogP contribution in [0.15, 0.2) is 66.7 Å². The number of likely N-dealkylation sites (N-methyl/N-ethyl adjacent to an activating group) is 1. The van der Waals surface area contributed by atoms with Crippen LogP contribution in [-0.4, -0.2) is 53.5 Å². The van der Waals surface area contributed by atoms with E-state index in [1.54, 1.807) is 25.2 Å². The molecule has 0 aliphatic heterocycles. The van der Waals surface area contributed by atoms with Crippen LogP contribution in [0.2, 0.25) is 5.02 Å². The van der Waals surface area contributed by atoms with E-state index in [9.17, 15) is 9.18 Å². The SMILES string of the molecule is CCNCCN(C=O)c1ccc(OCCCOCc2ccccc2OC)cc1.COCc1ccc(F)cc1Cl. The predicted molar refractivity (Wildman–Crippen MR) is 153 cm³/mol. The maximum atomic E-state index is 12.5. The highest BCUT2D eigenvalue weighted by Gasteiger charge is 2.05. The van der Waals surface area contributed by atoms with Crippen molar-refractivity contribution in [3.05, 3.63) is 88.7 Å². The Balaban J connectivity index is 0.000000404. The maximum Gasteiger partial charge on any atom is 0.214 e. The summed E-state index contributed by atoms with van der Waals surface area (Å²) in [7, 11) is 3.23. The normalized spacial score (nSPS) is 10.4. The van der Waals surface area contributed by atoms with E-state index in [-0.39, 0.29) is 5.82 Å². The first-order valence-electron chi connectivity index (χ1n) is 12.8. The summed E-state index contributed by atoms with van der Waals surface area (Å²) in [6, 6.07) is 19.6. The lowest BCUT2D eigenvalue weighted by atomic mass is 10.2. The fourth-order valence-electron chi connectivity index (χ4n) is 3.50. The van der Waals surface area contributed by atoms with E-state index in [1.165, 1.54) is 12.1 Å². The molecule has 0 saturated carbocycles. The van der Waals surface area contributed by atoms with Crippen molar-refractivity contribution in [2.45, 2.75) is 26.6 Å². The molecule has 39 heavy (non-hydrogen) atoms. The summed E-state index contributed by atoms with van der Waals surface area (Å²) < 4.78 is 34.1. The first-order valence-corrected chi connectivity index (χ1v) is 13.2. The molecule has 7 nitrogen and oxygen atoms in total. The second-order valence-electron chi connectivity index (χ2n) is 8.38. The van der Waals surface area contributed by atoms with Gasteiger partial charge in [0, 0.05) is 42.9 Å². The number of ether oxygens (including phenoxy) is 4. The molecule has 3 aromatic rings. The summed E-state index contributed by atoms with van der Waals surface area (Å²) in [6.45, 7) is 6.46. The Bertz CT molecular complexity index is 1100. The molecule has 0 radical (unpaired) electrons. The van der Waals surface area contributed by atoms with Crippen molar-refractivity contribution < 1.29 is 28.1 Å². The number of hydrogen-bond donors (Lipinski definition) is 1. The largest absolute Gasteiger partial charge is 0.496 e. The second-order valence-corrected chi connectivity index (χ2v) is 8.79. The van der Waals surface area contributed by atoms with Gasteiger partial charge in [0.15, 0.2) is 0 Å². The van der Waals surface area contributed by atoms with Crippen LogP contribution in [0.3, 0.4) is 0 Å². The van der Waals surface area contributed by atoms with Gasteiger partial charge in [0.25, 0.3) is 0 Å². The highest BCUT2D eigenvalue weighted by atomic mass is 35.5. The number of carbonyl (C=O) groups excluding carboxylic acids is 1. The monoisotopic (exact) mass is 560 g/mol. The van der Waals surface area contributed by atoms with Crippen LogP contribution in [0.25, 0.3) is 0 Å². The molecular formula is C30H38ClFN2O5. The van der Waals surface area contributed by atoms with Gasteiger partial charge in [0.1, 0.15) is 17.3 Å². The highest BCUT2D eigenvalue weighted by Crippen LogP contribution is 2.20. The van der Waals surface area contributed by atoms with E-state index in [4.69, 9.17) is 30.5 Å². The zero-order valence-electron chi connectivity index (χ0n) is 22.8. The minimum absolute atomic E-state index is 0.324. The van der Waals surface area contributed by atoms with Gasteiger partial charge in [-0.25, -0.2) is 4.39 Å². The first kappa shape index (κ1) is 32.0. The molecule has 1 amide bonds. The molecule has 0 aromatic heterocycles. The van der Waals surface area contributed by atoms with Gasteiger partial charge in [0.2, 0.25) is 6.41 Å². The molecule has 0 bridgehead atoms. The lowest BCUT2D eigenvalue weighted by Gasteiger charge is -2.18. The van der Waals surface area contributed by atoms with E-state index < -0.39 is 0 Å². The summed E-state index contributed by atoms with van der Waals surface area (Å²) >= 11 is 5.69. The Morgan fingerprint density at radius 3 is 2.41 bits per heavy atom. The molecule has 0 heterocycles. The summed E-state index contributed by atoms with van der Waals surface area (Å²) in [5.74, 6) is 1.30. The van der Waals surface area contributed by atoms with Crippen LogP contribution in [0.4, 0.5) is 10.1 Å². The fraction of sp³-hybridized carbons (Fsp3) is 0.367. The summed E-state index contributed by atoms with van der Waals surface area (Å²) in [4.78, 5) is 12.9. The van der Waals surface area contributed by atoms with Gasteiger partial charge in [-0.2, -0.15) is 0 Å². The van der Waals surface area contributed by atoms with Crippen molar-refractivity contribution in [2.75, 3.05) is 52.0 Å². The van der Waals surface area contributed by atoms with Crippen LogP contribution in [0, 0.1) is 5.82 Å². The van der Waals surface area contributed by atoms with Gasteiger partial charge in [-0.1, -0.05) is 42.8 Å². The Morgan fingerprint density at radius 2 is 1.74 bits per heavy atom. The Morgan fingerprint density at radius 1 is 0.974 bits per heavy atom. The molecule has 0 fully saturated rings. The van der Waals surface area contributed by atoms with Crippen molar-refractivity contribution in [3.63, 3.8) is 0 Å². The lowest BCUT2D eigenvalue weighted by molar-refractivity contribution is -0.107. The number of carbonyl (C=O) groups is 1. The van der Waals surface area contributed by atoms with Gasteiger partial charge in [0.05, 0.1) is 33.5 Å². The van der Waals surface area contributed by atoms with E-state index in [0.717, 1.165) is 54.2 Å². The van der Waals surface area contributed by atoms with Gasteiger partial charge in [-0.3, -0.25) is 4.79 Å². The lowest BCUT2D eigenvalue weighted by Crippen LogP contribution is -2.30. The Kier molecular flexibility index (Phi) is 15.6. The molecule has 0 atom stereocenters. The molecule has 0 aliphatic carbocycles. The molecule has 1 N–H and O–H groups in total. The summed E-state index contributed by atoms with van der Waals surface area (Å²) in [6.07, 6.45) is 1.65. The average Bonchev–Trinajstić information content (AvgIpc) is 2.95. The van der Waals surface area contributed by atoms with Crippen molar-refractivity contribution >= 4 is 23.7 Å². The number of halogens is 2. The van der Waals surface area contributed by atoms with Gasteiger partial charge >= 0.3 is 0 Å². The van der Waals surface area contributed by atoms with Crippen LogP contribution in [-0.2, 0) is 27.5 Å². The number of hydrogen-bond acceptors (Lipinski definition) is 6. The number of rotatable bonds is 16. The average molecular weight is 561 g/mol. The molecule has 0 unspecified atom stereocenters. The van der Waals surface area contributed by atoms with Crippen molar-refractivity contribution in [3.8, 4) is 11.5 Å². The molecular weight excluding hydrogens is 523 g/mol.